The van der Waals surface area contributed by atoms with Crippen LogP contribution < -0.4 is 0 Å². The summed E-state index contributed by atoms with van der Waals surface area (Å²) in [6.07, 6.45) is 30.3. The van der Waals surface area contributed by atoms with Crippen molar-refractivity contribution in [1.29, 1.82) is 0 Å². The van der Waals surface area contributed by atoms with E-state index in [2.05, 4.69) is 81.5 Å². The van der Waals surface area contributed by atoms with Crippen LogP contribution in [0.2, 0.25) is 0 Å². The molecule has 0 aliphatic rings. The van der Waals surface area contributed by atoms with E-state index in [1.165, 1.54) is 12.8 Å². The lowest BCUT2D eigenvalue weighted by atomic mass is 10.1. The van der Waals surface area contributed by atoms with Crippen LogP contribution in [0, 0.1) is 5.92 Å². The SMILES string of the molecule is CC/C=C\C/C=C\C/C=C\C/C=C\C/C=C\CCC(C)C. The lowest BCUT2D eigenvalue weighted by molar-refractivity contribution is 0.594. The van der Waals surface area contributed by atoms with E-state index in [-0.39, 0.29) is 0 Å². The van der Waals surface area contributed by atoms with E-state index in [1.807, 2.05) is 0 Å². The van der Waals surface area contributed by atoms with Crippen LogP contribution in [0.4, 0.5) is 0 Å². The summed E-state index contributed by atoms with van der Waals surface area (Å²) >= 11 is 0. The molecule has 0 N–H and O–H groups in total. The normalized spacial score (nSPS) is 13.3. The Bertz CT molecular complexity index is 337. The highest BCUT2D eigenvalue weighted by Crippen LogP contribution is 2.04. The number of hydrogen-bond acceptors (Lipinski definition) is 0. The van der Waals surface area contributed by atoms with Crippen LogP contribution >= 0.6 is 0 Å². The first-order valence-corrected chi connectivity index (χ1v) is 8.52. The maximum atomic E-state index is 2.30. The Hall–Kier alpha value is -1.30. The molecule has 0 aliphatic heterocycles. The second kappa shape index (κ2) is 16.8. The lowest BCUT2D eigenvalue weighted by Crippen LogP contribution is -1.83. The smallest absolute Gasteiger partial charge is 0.0169 e. The van der Waals surface area contributed by atoms with E-state index in [0.29, 0.717) is 0 Å². The quantitative estimate of drug-likeness (QED) is 0.333. The van der Waals surface area contributed by atoms with E-state index in [4.69, 9.17) is 0 Å². The Morgan fingerprint density at radius 1 is 0.571 bits per heavy atom. The van der Waals surface area contributed by atoms with Crippen molar-refractivity contribution in [2.45, 2.75) is 65.7 Å². The first-order valence-electron chi connectivity index (χ1n) is 8.52. The second-order valence-electron chi connectivity index (χ2n) is 5.68. The summed E-state index contributed by atoms with van der Waals surface area (Å²) in [5.41, 5.74) is 0. The maximum absolute atomic E-state index is 2.30. The third-order valence-electron chi connectivity index (χ3n) is 3.07. The van der Waals surface area contributed by atoms with E-state index in [0.717, 1.165) is 38.0 Å². The number of rotatable bonds is 12. The molecule has 0 heterocycles. The fourth-order valence-electron chi connectivity index (χ4n) is 1.80. The third-order valence-corrected chi connectivity index (χ3v) is 3.07. The molecule has 0 fully saturated rings. The van der Waals surface area contributed by atoms with Crippen molar-refractivity contribution in [2.75, 3.05) is 0 Å². The van der Waals surface area contributed by atoms with Crippen molar-refractivity contribution in [2.24, 2.45) is 5.92 Å². The summed E-state index contributed by atoms with van der Waals surface area (Å²) in [4.78, 5) is 0. The van der Waals surface area contributed by atoms with Gasteiger partial charge >= 0.3 is 0 Å². The Balaban J connectivity index is 3.46. The Kier molecular flexibility index (Phi) is 15.7. The van der Waals surface area contributed by atoms with Gasteiger partial charge in [-0.05, 0) is 50.9 Å². The summed E-state index contributed by atoms with van der Waals surface area (Å²) in [5.74, 6) is 0.812. The minimum absolute atomic E-state index is 0.812. The summed E-state index contributed by atoms with van der Waals surface area (Å²) < 4.78 is 0. The first kappa shape index (κ1) is 19.7. The highest BCUT2D eigenvalue weighted by Gasteiger charge is 1.88. The summed E-state index contributed by atoms with van der Waals surface area (Å²) in [7, 11) is 0. The lowest BCUT2D eigenvalue weighted by Gasteiger charge is -1.98. The molecular formula is C21H34. The molecule has 0 bridgehead atoms. The van der Waals surface area contributed by atoms with Gasteiger partial charge in [0.25, 0.3) is 0 Å². The molecule has 21 heavy (non-hydrogen) atoms. The van der Waals surface area contributed by atoms with Gasteiger partial charge in [0.2, 0.25) is 0 Å². The molecule has 0 saturated carbocycles. The molecule has 0 amide bonds. The van der Waals surface area contributed by atoms with Crippen molar-refractivity contribution >= 4 is 0 Å². The number of allylic oxidation sites excluding steroid dienone is 10. The van der Waals surface area contributed by atoms with Gasteiger partial charge in [-0.25, -0.2) is 0 Å². The molecule has 0 spiro atoms. The minimum Gasteiger partial charge on any atom is -0.0885 e. The van der Waals surface area contributed by atoms with Crippen LogP contribution in [0.25, 0.3) is 0 Å². The zero-order chi connectivity index (χ0) is 15.6. The maximum Gasteiger partial charge on any atom is -0.0169 e. The molecule has 0 aromatic rings. The second-order valence-corrected chi connectivity index (χ2v) is 5.68. The predicted octanol–water partition coefficient (Wildman–Crippen LogP) is 7.17. The zero-order valence-electron chi connectivity index (χ0n) is 14.3. The molecule has 0 nitrogen and oxygen atoms in total. The Morgan fingerprint density at radius 3 is 1.33 bits per heavy atom. The van der Waals surface area contributed by atoms with Crippen LogP contribution in [0.5, 0.6) is 0 Å². The van der Waals surface area contributed by atoms with E-state index >= 15 is 0 Å². The van der Waals surface area contributed by atoms with Crippen LogP contribution in [-0.4, -0.2) is 0 Å². The highest BCUT2D eigenvalue weighted by atomic mass is 13.9. The van der Waals surface area contributed by atoms with Crippen molar-refractivity contribution < 1.29 is 0 Å². The molecule has 0 aromatic heterocycles. The van der Waals surface area contributed by atoms with Crippen LogP contribution in [0.1, 0.15) is 65.7 Å². The van der Waals surface area contributed by atoms with Crippen LogP contribution in [0.3, 0.4) is 0 Å². The summed E-state index contributed by atoms with van der Waals surface area (Å²) in [6.45, 7) is 6.71. The van der Waals surface area contributed by atoms with Gasteiger partial charge in [-0.3, -0.25) is 0 Å². The fourth-order valence-corrected chi connectivity index (χ4v) is 1.80. The first-order chi connectivity index (χ1) is 10.3. The largest absolute Gasteiger partial charge is 0.0885 e. The monoisotopic (exact) mass is 286 g/mol. The van der Waals surface area contributed by atoms with Gasteiger partial charge < -0.3 is 0 Å². The van der Waals surface area contributed by atoms with E-state index in [9.17, 15) is 0 Å². The van der Waals surface area contributed by atoms with Crippen LogP contribution in [-0.2, 0) is 0 Å². The number of hydrogen-bond donors (Lipinski definition) is 0. The van der Waals surface area contributed by atoms with Gasteiger partial charge in [-0.2, -0.15) is 0 Å². The van der Waals surface area contributed by atoms with Gasteiger partial charge in [-0.15, -0.1) is 0 Å². The van der Waals surface area contributed by atoms with Crippen molar-refractivity contribution in [3.05, 3.63) is 60.8 Å². The standard InChI is InChI=1S/C21H34/c1-4-5-6-7-8-9-10-11-12-13-14-15-16-17-18-19-20-21(2)3/h5-6,8-9,11-12,14-15,17-18,21H,4,7,10,13,16,19-20H2,1-3H3/b6-5-,9-8-,12-11-,15-14-,18-17-. The van der Waals surface area contributed by atoms with Crippen molar-refractivity contribution in [3.8, 4) is 0 Å². The topological polar surface area (TPSA) is 0 Å². The predicted molar refractivity (Wildman–Crippen MR) is 98.5 cm³/mol. The molecule has 0 atom stereocenters. The molecule has 0 aromatic carbocycles. The van der Waals surface area contributed by atoms with Gasteiger partial charge in [0.1, 0.15) is 0 Å². The van der Waals surface area contributed by atoms with Gasteiger partial charge in [-0.1, -0.05) is 81.5 Å². The molecule has 118 valence electrons. The van der Waals surface area contributed by atoms with Gasteiger partial charge in [0.15, 0.2) is 0 Å². The Labute approximate surface area is 133 Å². The minimum atomic E-state index is 0.812. The van der Waals surface area contributed by atoms with Gasteiger partial charge in [0, 0.05) is 0 Å². The van der Waals surface area contributed by atoms with Crippen LogP contribution in [0.15, 0.2) is 60.8 Å². The summed E-state index contributed by atoms with van der Waals surface area (Å²) in [5, 5.41) is 0. The fraction of sp³-hybridized carbons (Fsp3) is 0.524. The Morgan fingerprint density at radius 2 is 0.952 bits per heavy atom. The zero-order valence-corrected chi connectivity index (χ0v) is 14.3. The van der Waals surface area contributed by atoms with Crippen molar-refractivity contribution in [1.82, 2.24) is 0 Å². The molecule has 0 aliphatic carbocycles. The average molecular weight is 287 g/mol. The van der Waals surface area contributed by atoms with Gasteiger partial charge in [0.05, 0.1) is 0 Å². The molecule has 0 saturated heterocycles. The molecule has 0 rings (SSSR count). The average Bonchev–Trinajstić information content (AvgIpc) is 2.46. The third kappa shape index (κ3) is 18.7. The van der Waals surface area contributed by atoms with Crippen molar-refractivity contribution in [3.63, 3.8) is 0 Å². The molecule has 0 unspecified atom stereocenters. The molecule has 0 radical (unpaired) electrons. The summed E-state index contributed by atoms with van der Waals surface area (Å²) in [6, 6.07) is 0. The van der Waals surface area contributed by atoms with E-state index < -0.39 is 0 Å². The highest BCUT2D eigenvalue weighted by molar-refractivity contribution is 5.00. The molecular weight excluding hydrogens is 252 g/mol. The molecule has 0 heteroatoms. The van der Waals surface area contributed by atoms with E-state index in [1.54, 1.807) is 0 Å².